The van der Waals surface area contributed by atoms with Gasteiger partial charge in [-0.05, 0) is 51.3 Å². The van der Waals surface area contributed by atoms with Gasteiger partial charge in [-0.1, -0.05) is 0 Å². The van der Waals surface area contributed by atoms with E-state index in [1.165, 1.54) is 24.3 Å². The zero-order valence-corrected chi connectivity index (χ0v) is 10.3. The Bertz CT molecular complexity index is 426. The van der Waals surface area contributed by atoms with E-state index in [0.29, 0.717) is 6.42 Å². The molecular formula is C11H16FNO2S. The summed E-state index contributed by atoms with van der Waals surface area (Å²) < 4.78 is 36.2. The molecule has 1 rings (SSSR count). The van der Waals surface area contributed by atoms with Crippen LogP contribution in [0.2, 0.25) is 0 Å². The molecule has 0 aliphatic carbocycles. The minimum absolute atomic E-state index is 0.0941. The number of benzene rings is 1. The lowest BCUT2D eigenvalue weighted by Crippen LogP contribution is -2.17. The molecule has 3 nitrogen and oxygen atoms in total. The van der Waals surface area contributed by atoms with E-state index in [4.69, 9.17) is 0 Å². The molecule has 0 saturated heterocycles. The first-order valence-corrected chi connectivity index (χ1v) is 6.70. The molecule has 90 valence electrons. The molecule has 16 heavy (non-hydrogen) atoms. The van der Waals surface area contributed by atoms with Crippen molar-refractivity contribution < 1.29 is 12.8 Å². The Kier molecular flexibility index (Phi) is 4.44. The molecule has 0 aliphatic heterocycles. The largest absolute Gasteiger partial charge is 0.309 e. The topological polar surface area (TPSA) is 37.4 Å². The Hall–Kier alpha value is -0.940. The summed E-state index contributed by atoms with van der Waals surface area (Å²) in [6.07, 6.45) is 0.576. The van der Waals surface area contributed by atoms with E-state index >= 15 is 0 Å². The van der Waals surface area contributed by atoms with Crippen molar-refractivity contribution in [2.75, 3.05) is 26.4 Å². The zero-order chi connectivity index (χ0) is 12.2. The third-order valence-electron chi connectivity index (χ3n) is 2.19. The average Bonchev–Trinajstić information content (AvgIpc) is 2.17. The van der Waals surface area contributed by atoms with E-state index in [9.17, 15) is 12.8 Å². The van der Waals surface area contributed by atoms with Crippen LogP contribution in [0.25, 0.3) is 0 Å². The lowest BCUT2D eigenvalue weighted by atomic mass is 10.4. The van der Waals surface area contributed by atoms with E-state index in [1.54, 1.807) is 0 Å². The number of rotatable bonds is 5. The molecule has 0 aliphatic rings. The van der Waals surface area contributed by atoms with Gasteiger partial charge in [-0.2, -0.15) is 0 Å². The fraction of sp³-hybridized carbons (Fsp3) is 0.455. The van der Waals surface area contributed by atoms with E-state index in [0.717, 1.165) is 6.54 Å². The fourth-order valence-corrected chi connectivity index (χ4v) is 2.63. The Balaban J connectivity index is 2.67. The first kappa shape index (κ1) is 13.1. The normalized spacial score (nSPS) is 12.0. The van der Waals surface area contributed by atoms with Crippen LogP contribution >= 0.6 is 0 Å². The number of nitrogens with zero attached hydrogens (tertiary/aromatic N) is 1. The maximum absolute atomic E-state index is 12.6. The van der Waals surface area contributed by atoms with E-state index in [1.807, 2.05) is 19.0 Å². The fourth-order valence-electron chi connectivity index (χ4n) is 1.33. The van der Waals surface area contributed by atoms with E-state index in [2.05, 4.69) is 0 Å². The standard InChI is InChI=1S/C11H16FNO2S/c1-13(2)8-3-9-16(14,15)11-6-4-10(12)5-7-11/h4-7H,3,8-9H2,1-2H3. The van der Waals surface area contributed by atoms with Gasteiger partial charge in [0.05, 0.1) is 10.6 Å². The molecular weight excluding hydrogens is 229 g/mol. The minimum Gasteiger partial charge on any atom is -0.309 e. The summed E-state index contributed by atoms with van der Waals surface area (Å²) in [6, 6.07) is 4.94. The second-order valence-electron chi connectivity index (χ2n) is 3.93. The van der Waals surface area contributed by atoms with Gasteiger partial charge >= 0.3 is 0 Å². The van der Waals surface area contributed by atoms with Crippen molar-refractivity contribution >= 4 is 9.84 Å². The van der Waals surface area contributed by atoms with Crippen molar-refractivity contribution in [2.24, 2.45) is 0 Å². The molecule has 1 aromatic carbocycles. The third-order valence-corrected chi connectivity index (χ3v) is 4.01. The van der Waals surface area contributed by atoms with Crippen LogP contribution in [-0.4, -0.2) is 39.7 Å². The molecule has 0 atom stereocenters. The lowest BCUT2D eigenvalue weighted by molar-refractivity contribution is 0.408. The van der Waals surface area contributed by atoms with Crippen LogP contribution in [0.15, 0.2) is 29.2 Å². The van der Waals surface area contributed by atoms with Gasteiger partial charge < -0.3 is 4.90 Å². The molecule has 0 bridgehead atoms. The first-order valence-electron chi connectivity index (χ1n) is 5.05. The highest BCUT2D eigenvalue weighted by Crippen LogP contribution is 2.12. The van der Waals surface area contributed by atoms with Crippen molar-refractivity contribution in [3.63, 3.8) is 0 Å². The van der Waals surface area contributed by atoms with Gasteiger partial charge in [-0.15, -0.1) is 0 Å². The molecule has 0 fully saturated rings. The van der Waals surface area contributed by atoms with Gasteiger partial charge in [0.25, 0.3) is 0 Å². The van der Waals surface area contributed by atoms with Crippen LogP contribution < -0.4 is 0 Å². The number of halogens is 1. The van der Waals surface area contributed by atoms with Crippen molar-refractivity contribution in [3.05, 3.63) is 30.1 Å². The maximum Gasteiger partial charge on any atom is 0.178 e. The Labute approximate surface area is 95.8 Å². The summed E-state index contributed by atoms with van der Waals surface area (Å²) >= 11 is 0. The predicted molar refractivity (Wildman–Crippen MR) is 61.6 cm³/mol. The number of hydrogen-bond donors (Lipinski definition) is 0. The summed E-state index contributed by atoms with van der Waals surface area (Å²) in [4.78, 5) is 2.12. The van der Waals surface area contributed by atoms with Crippen LogP contribution in [0.3, 0.4) is 0 Å². The lowest BCUT2D eigenvalue weighted by Gasteiger charge is -2.09. The van der Waals surface area contributed by atoms with Crippen LogP contribution in [0.5, 0.6) is 0 Å². The highest BCUT2D eigenvalue weighted by Gasteiger charge is 2.13. The van der Waals surface area contributed by atoms with E-state index in [-0.39, 0.29) is 10.6 Å². The Morgan fingerprint density at radius 1 is 1.19 bits per heavy atom. The van der Waals surface area contributed by atoms with Crippen LogP contribution in [-0.2, 0) is 9.84 Å². The molecule has 0 aromatic heterocycles. The van der Waals surface area contributed by atoms with Crippen LogP contribution in [0, 0.1) is 5.82 Å². The summed E-state index contributed by atoms with van der Waals surface area (Å²) in [7, 11) is 0.521. The summed E-state index contributed by atoms with van der Waals surface area (Å²) in [5.74, 6) is -0.330. The minimum atomic E-state index is -3.27. The van der Waals surface area contributed by atoms with E-state index < -0.39 is 15.7 Å². The summed E-state index contributed by atoms with van der Waals surface area (Å²) in [5, 5.41) is 0. The predicted octanol–water partition coefficient (Wildman–Crippen LogP) is 1.55. The van der Waals surface area contributed by atoms with Crippen molar-refractivity contribution in [1.29, 1.82) is 0 Å². The number of sulfone groups is 1. The van der Waals surface area contributed by atoms with Crippen molar-refractivity contribution in [1.82, 2.24) is 4.90 Å². The third kappa shape index (κ3) is 3.90. The average molecular weight is 245 g/mol. The highest BCUT2D eigenvalue weighted by atomic mass is 32.2. The summed E-state index contributed by atoms with van der Waals surface area (Å²) in [6.45, 7) is 0.723. The second kappa shape index (κ2) is 5.41. The van der Waals surface area contributed by atoms with Crippen molar-refractivity contribution in [3.8, 4) is 0 Å². The van der Waals surface area contributed by atoms with Crippen LogP contribution in [0.4, 0.5) is 4.39 Å². The first-order chi connectivity index (χ1) is 7.42. The maximum atomic E-state index is 12.6. The molecule has 0 saturated carbocycles. The Morgan fingerprint density at radius 2 is 1.75 bits per heavy atom. The quantitative estimate of drug-likeness (QED) is 0.739. The second-order valence-corrected chi connectivity index (χ2v) is 6.04. The summed E-state index contributed by atoms with van der Waals surface area (Å²) in [5.41, 5.74) is 0. The van der Waals surface area contributed by atoms with Gasteiger partial charge in [0, 0.05) is 0 Å². The highest BCUT2D eigenvalue weighted by molar-refractivity contribution is 7.91. The zero-order valence-electron chi connectivity index (χ0n) is 9.48. The Morgan fingerprint density at radius 3 is 2.25 bits per heavy atom. The monoisotopic (exact) mass is 245 g/mol. The van der Waals surface area contributed by atoms with Gasteiger partial charge in [-0.25, -0.2) is 12.8 Å². The SMILES string of the molecule is CN(C)CCCS(=O)(=O)c1ccc(F)cc1. The molecule has 0 heterocycles. The molecule has 5 heteroatoms. The molecule has 0 N–H and O–H groups in total. The molecule has 0 unspecified atom stereocenters. The van der Waals surface area contributed by atoms with Gasteiger partial charge in [-0.3, -0.25) is 0 Å². The van der Waals surface area contributed by atoms with Gasteiger partial charge in [0.2, 0.25) is 0 Å². The molecule has 0 amide bonds. The number of hydrogen-bond acceptors (Lipinski definition) is 3. The molecule has 0 spiro atoms. The molecule has 1 aromatic rings. The molecule has 0 radical (unpaired) electrons. The van der Waals surface area contributed by atoms with Crippen LogP contribution in [0.1, 0.15) is 6.42 Å². The smallest absolute Gasteiger partial charge is 0.178 e. The van der Waals surface area contributed by atoms with Gasteiger partial charge in [0.15, 0.2) is 9.84 Å². The van der Waals surface area contributed by atoms with Crippen molar-refractivity contribution in [2.45, 2.75) is 11.3 Å². The van der Waals surface area contributed by atoms with Gasteiger partial charge in [0.1, 0.15) is 5.82 Å².